The largest absolute Gasteiger partial charge is 0.507 e. The first-order chi connectivity index (χ1) is 16.2. The number of carbonyl (C=O) groups is 2. The van der Waals surface area contributed by atoms with Gasteiger partial charge in [0.2, 0.25) is 0 Å². The molecule has 0 radical (unpaired) electrons. The lowest BCUT2D eigenvalue weighted by Crippen LogP contribution is -2.30. The van der Waals surface area contributed by atoms with Crippen molar-refractivity contribution < 1.29 is 23.8 Å². The number of hydrogen-bond acceptors (Lipinski definition) is 5. The average Bonchev–Trinajstić information content (AvgIpc) is 3.42. The van der Waals surface area contributed by atoms with Gasteiger partial charge in [0, 0.05) is 11.3 Å². The van der Waals surface area contributed by atoms with Crippen molar-refractivity contribution in [2.75, 3.05) is 12.0 Å². The normalized spacial score (nSPS) is 17.6. The molecule has 176 valence electrons. The molecule has 1 N–H and O–H groups in total. The number of carbonyl (C=O) groups excluding carboxylic acids is 2. The van der Waals surface area contributed by atoms with Crippen molar-refractivity contribution in [1.82, 2.24) is 0 Å². The quantitative estimate of drug-likeness (QED) is 0.289. The molecule has 1 aliphatic heterocycles. The van der Waals surface area contributed by atoms with Crippen LogP contribution in [0.3, 0.4) is 0 Å². The van der Waals surface area contributed by atoms with E-state index in [-0.39, 0.29) is 17.3 Å². The van der Waals surface area contributed by atoms with Gasteiger partial charge >= 0.3 is 0 Å². The second-order valence-corrected chi connectivity index (χ2v) is 8.97. The SMILES string of the molecule is COc1cc(C)c(/C(O)=C2\C(=O)C(=O)N(c3cccc(C)c3C)C2c2ccco2)cc1C(C)C. The zero-order chi connectivity index (χ0) is 24.7. The van der Waals surface area contributed by atoms with Crippen LogP contribution in [-0.4, -0.2) is 23.9 Å². The number of ketones is 1. The number of aliphatic hydroxyl groups excluding tert-OH is 1. The fourth-order valence-corrected chi connectivity index (χ4v) is 4.52. The monoisotopic (exact) mass is 459 g/mol. The Morgan fingerprint density at radius 2 is 1.79 bits per heavy atom. The van der Waals surface area contributed by atoms with E-state index in [9.17, 15) is 14.7 Å². The number of anilines is 1. The molecule has 1 atom stereocenters. The first-order valence-corrected chi connectivity index (χ1v) is 11.3. The minimum absolute atomic E-state index is 0.00355. The van der Waals surface area contributed by atoms with Gasteiger partial charge in [0.15, 0.2) is 0 Å². The Morgan fingerprint density at radius 1 is 1.06 bits per heavy atom. The Morgan fingerprint density at radius 3 is 2.41 bits per heavy atom. The fourth-order valence-electron chi connectivity index (χ4n) is 4.52. The van der Waals surface area contributed by atoms with Crippen LogP contribution in [-0.2, 0) is 9.59 Å². The highest BCUT2D eigenvalue weighted by Gasteiger charge is 2.48. The molecule has 34 heavy (non-hydrogen) atoms. The smallest absolute Gasteiger partial charge is 0.300 e. The lowest BCUT2D eigenvalue weighted by atomic mass is 9.92. The fraction of sp³-hybridized carbons (Fsp3) is 0.286. The predicted octanol–water partition coefficient (Wildman–Crippen LogP) is 5.96. The lowest BCUT2D eigenvalue weighted by molar-refractivity contribution is -0.132. The molecular weight excluding hydrogens is 430 g/mol. The summed E-state index contributed by atoms with van der Waals surface area (Å²) >= 11 is 0. The number of rotatable bonds is 5. The summed E-state index contributed by atoms with van der Waals surface area (Å²) in [6.07, 6.45) is 1.49. The van der Waals surface area contributed by atoms with Gasteiger partial charge < -0.3 is 14.3 Å². The van der Waals surface area contributed by atoms with Gasteiger partial charge in [-0.2, -0.15) is 0 Å². The van der Waals surface area contributed by atoms with Crippen LogP contribution in [0.5, 0.6) is 5.75 Å². The van der Waals surface area contributed by atoms with Crippen LogP contribution in [0.2, 0.25) is 0 Å². The number of Topliss-reactive ketones (excluding diaryl/α,β-unsaturated/α-hetero) is 1. The Balaban J connectivity index is 1.99. The summed E-state index contributed by atoms with van der Waals surface area (Å²) in [6.45, 7) is 9.75. The predicted molar refractivity (Wildman–Crippen MR) is 131 cm³/mol. The number of aryl methyl sites for hydroxylation is 2. The van der Waals surface area contributed by atoms with Crippen LogP contribution in [0.15, 0.2) is 58.7 Å². The summed E-state index contributed by atoms with van der Waals surface area (Å²) in [5, 5.41) is 11.5. The maximum absolute atomic E-state index is 13.4. The minimum Gasteiger partial charge on any atom is -0.507 e. The highest BCUT2D eigenvalue weighted by molar-refractivity contribution is 6.51. The molecule has 0 saturated carbocycles. The molecule has 4 rings (SSSR count). The molecule has 2 aromatic carbocycles. The van der Waals surface area contributed by atoms with Gasteiger partial charge in [-0.05, 0) is 79.3 Å². The standard InChI is InChI=1S/C28H29NO5/c1-15(2)19-14-20(17(4)13-23(19)33-6)26(30)24-25(22-11-8-12-34-22)29(28(32)27(24)31)21-10-7-9-16(3)18(21)5/h7-15,25,30H,1-6H3/b26-24+. The van der Waals surface area contributed by atoms with Crippen LogP contribution in [0.25, 0.3) is 5.76 Å². The molecule has 1 amide bonds. The van der Waals surface area contributed by atoms with Crippen molar-refractivity contribution in [3.8, 4) is 5.75 Å². The summed E-state index contributed by atoms with van der Waals surface area (Å²) in [5.74, 6) is -0.442. The van der Waals surface area contributed by atoms with Crippen molar-refractivity contribution in [2.45, 2.75) is 46.6 Å². The highest BCUT2D eigenvalue weighted by Crippen LogP contribution is 2.44. The van der Waals surface area contributed by atoms with E-state index in [4.69, 9.17) is 9.15 Å². The van der Waals surface area contributed by atoms with Crippen LogP contribution < -0.4 is 9.64 Å². The number of nitrogens with zero attached hydrogens (tertiary/aromatic N) is 1. The second kappa shape index (κ2) is 8.86. The number of benzene rings is 2. The second-order valence-electron chi connectivity index (χ2n) is 8.97. The van der Waals surface area contributed by atoms with Gasteiger partial charge in [0.25, 0.3) is 11.7 Å². The first kappa shape index (κ1) is 23.4. The Labute approximate surface area is 199 Å². The number of aliphatic hydroxyl groups is 1. The van der Waals surface area contributed by atoms with Crippen molar-refractivity contribution >= 4 is 23.1 Å². The van der Waals surface area contributed by atoms with Gasteiger partial charge in [-0.3, -0.25) is 14.5 Å². The van der Waals surface area contributed by atoms with Gasteiger partial charge in [0.1, 0.15) is 23.3 Å². The third-order valence-corrected chi connectivity index (χ3v) is 6.55. The molecule has 1 aromatic heterocycles. The minimum atomic E-state index is -0.889. The highest BCUT2D eigenvalue weighted by atomic mass is 16.5. The summed E-state index contributed by atoms with van der Waals surface area (Å²) in [4.78, 5) is 28.2. The summed E-state index contributed by atoms with van der Waals surface area (Å²) < 4.78 is 11.2. The topological polar surface area (TPSA) is 80.0 Å². The number of ether oxygens (including phenoxy) is 1. The van der Waals surface area contributed by atoms with E-state index >= 15 is 0 Å². The maximum atomic E-state index is 13.4. The first-order valence-electron chi connectivity index (χ1n) is 11.3. The third kappa shape index (κ3) is 3.69. The van der Waals surface area contributed by atoms with Gasteiger partial charge in [0.05, 0.1) is 18.9 Å². The van der Waals surface area contributed by atoms with Crippen LogP contribution in [0.4, 0.5) is 5.69 Å². The van der Waals surface area contributed by atoms with Crippen LogP contribution >= 0.6 is 0 Å². The molecule has 1 unspecified atom stereocenters. The van der Waals surface area contributed by atoms with Crippen molar-refractivity contribution in [1.29, 1.82) is 0 Å². The van der Waals surface area contributed by atoms with Crippen LogP contribution in [0.1, 0.15) is 59.4 Å². The number of methoxy groups -OCH3 is 1. The molecule has 1 fully saturated rings. The average molecular weight is 460 g/mol. The van der Waals surface area contributed by atoms with Gasteiger partial charge in [-0.25, -0.2) is 0 Å². The zero-order valence-electron chi connectivity index (χ0n) is 20.3. The number of amides is 1. The molecular formula is C28H29NO5. The molecule has 0 spiro atoms. The molecule has 0 aliphatic carbocycles. The molecule has 3 aromatic rings. The Hall–Kier alpha value is -3.80. The van der Waals surface area contributed by atoms with Crippen molar-refractivity contribution in [3.05, 3.63) is 87.9 Å². The van der Waals surface area contributed by atoms with E-state index in [1.807, 2.05) is 58.9 Å². The van der Waals surface area contributed by atoms with E-state index in [1.165, 1.54) is 11.2 Å². The maximum Gasteiger partial charge on any atom is 0.300 e. The van der Waals surface area contributed by atoms with E-state index < -0.39 is 17.7 Å². The van der Waals surface area contributed by atoms with E-state index in [1.54, 1.807) is 25.3 Å². The third-order valence-electron chi connectivity index (χ3n) is 6.55. The molecule has 6 nitrogen and oxygen atoms in total. The molecule has 6 heteroatoms. The Kier molecular flexibility index (Phi) is 6.09. The number of furan rings is 1. The summed E-state index contributed by atoms with van der Waals surface area (Å²) in [7, 11) is 1.60. The lowest BCUT2D eigenvalue weighted by Gasteiger charge is -2.25. The summed E-state index contributed by atoms with van der Waals surface area (Å²) in [6, 6.07) is 11.8. The van der Waals surface area contributed by atoms with Gasteiger partial charge in [-0.1, -0.05) is 26.0 Å². The molecule has 1 saturated heterocycles. The van der Waals surface area contributed by atoms with Crippen molar-refractivity contribution in [2.24, 2.45) is 0 Å². The summed E-state index contributed by atoms with van der Waals surface area (Å²) in [5.41, 5.74) is 4.59. The number of hydrogen-bond donors (Lipinski definition) is 1. The van der Waals surface area contributed by atoms with Crippen molar-refractivity contribution in [3.63, 3.8) is 0 Å². The van der Waals surface area contributed by atoms with E-state index in [0.717, 1.165) is 22.3 Å². The van der Waals surface area contributed by atoms with Crippen LogP contribution in [0, 0.1) is 20.8 Å². The Bertz CT molecular complexity index is 1300. The van der Waals surface area contributed by atoms with Gasteiger partial charge in [-0.15, -0.1) is 0 Å². The molecule has 1 aliphatic rings. The zero-order valence-corrected chi connectivity index (χ0v) is 20.3. The van der Waals surface area contributed by atoms with E-state index in [0.29, 0.717) is 22.8 Å². The molecule has 0 bridgehead atoms. The van der Waals surface area contributed by atoms with E-state index in [2.05, 4.69) is 0 Å². The molecule has 2 heterocycles.